The highest BCUT2D eigenvalue weighted by Gasteiger charge is 2.37. The standard InChI is InChI=1S/C14H23NO3/c1-10(2)6-7-12(16)11-8-15(9-11)13(17)18-14(3,4)5/h11H,1,6-9H2,2-5H3. The van der Waals surface area contributed by atoms with Gasteiger partial charge in [-0.05, 0) is 34.1 Å². The zero-order valence-electron chi connectivity index (χ0n) is 11.8. The summed E-state index contributed by atoms with van der Waals surface area (Å²) in [5.41, 5.74) is 0.540. The Hall–Kier alpha value is -1.32. The van der Waals surface area contributed by atoms with E-state index in [4.69, 9.17) is 4.74 Å². The maximum atomic E-state index is 11.8. The summed E-state index contributed by atoms with van der Waals surface area (Å²) < 4.78 is 5.23. The first-order valence-electron chi connectivity index (χ1n) is 6.34. The van der Waals surface area contributed by atoms with Crippen LogP contribution in [-0.2, 0) is 9.53 Å². The van der Waals surface area contributed by atoms with Crippen LogP contribution in [0, 0.1) is 5.92 Å². The summed E-state index contributed by atoms with van der Waals surface area (Å²) in [7, 11) is 0. The Balaban J connectivity index is 2.29. The topological polar surface area (TPSA) is 46.6 Å². The van der Waals surface area contributed by atoms with E-state index in [1.165, 1.54) is 0 Å². The van der Waals surface area contributed by atoms with Crippen molar-refractivity contribution in [3.8, 4) is 0 Å². The number of carbonyl (C=O) groups excluding carboxylic acids is 2. The molecular formula is C14H23NO3. The van der Waals surface area contributed by atoms with Gasteiger partial charge in [-0.3, -0.25) is 4.79 Å². The lowest BCUT2D eigenvalue weighted by Gasteiger charge is -2.38. The number of likely N-dealkylation sites (tertiary alicyclic amines) is 1. The van der Waals surface area contributed by atoms with E-state index in [1.807, 2.05) is 27.7 Å². The normalized spacial score (nSPS) is 16.1. The molecule has 0 aromatic rings. The van der Waals surface area contributed by atoms with Crippen LogP contribution in [0.4, 0.5) is 4.79 Å². The second-order valence-electron chi connectivity index (χ2n) is 6.01. The summed E-state index contributed by atoms with van der Waals surface area (Å²) in [5.74, 6) is 0.203. The summed E-state index contributed by atoms with van der Waals surface area (Å²) in [6, 6.07) is 0. The van der Waals surface area contributed by atoms with Crippen molar-refractivity contribution in [3.63, 3.8) is 0 Å². The molecule has 4 nitrogen and oxygen atoms in total. The molecule has 18 heavy (non-hydrogen) atoms. The predicted molar refractivity (Wildman–Crippen MR) is 70.4 cm³/mol. The molecule has 0 aromatic heterocycles. The van der Waals surface area contributed by atoms with Crippen LogP contribution >= 0.6 is 0 Å². The number of ketones is 1. The quantitative estimate of drug-likeness (QED) is 0.724. The predicted octanol–water partition coefficient (Wildman–Crippen LogP) is 2.78. The molecule has 102 valence electrons. The van der Waals surface area contributed by atoms with Crippen LogP contribution in [0.25, 0.3) is 0 Å². The second kappa shape index (κ2) is 5.55. The Labute approximate surface area is 109 Å². The van der Waals surface area contributed by atoms with Crippen LogP contribution in [0.3, 0.4) is 0 Å². The lowest BCUT2D eigenvalue weighted by molar-refractivity contribution is -0.127. The fourth-order valence-electron chi connectivity index (χ4n) is 1.70. The van der Waals surface area contributed by atoms with Crippen LogP contribution < -0.4 is 0 Å². The smallest absolute Gasteiger partial charge is 0.410 e. The third kappa shape index (κ3) is 4.51. The lowest BCUT2D eigenvalue weighted by Crippen LogP contribution is -2.54. The Kier molecular flexibility index (Phi) is 4.54. The van der Waals surface area contributed by atoms with Gasteiger partial charge in [-0.25, -0.2) is 4.79 Å². The number of allylic oxidation sites excluding steroid dienone is 1. The number of carbonyl (C=O) groups is 2. The van der Waals surface area contributed by atoms with Gasteiger partial charge in [0.1, 0.15) is 11.4 Å². The molecule has 1 saturated heterocycles. The molecule has 0 saturated carbocycles. The van der Waals surface area contributed by atoms with Gasteiger partial charge >= 0.3 is 6.09 Å². The number of hydrogen-bond donors (Lipinski definition) is 0. The molecule has 0 bridgehead atoms. The van der Waals surface area contributed by atoms with Gasteiger partial charge in [-0.2, -0.15) is 0 Å². The average Bonchev–Trinajstić information content (AvgIpc) is 2.08. The number of nitrogens with zero attached hydrogens (tertiary/aromatic N) is 1. The van der Waals surface area contributed by atoms with E-state index < -0.39 is 5.60 Å². The SMILES string of the molecule is C=C(C)CCC(=O)C1CN(C(=O)OC(C)(C)C)C1. The fourth-order valence-corrected chi connectivity index (χ4v) is 1.70. The van der Waals surface area contributed by atoms with E-state index in [9.17, 15) is 9.59 Å². The van der Waals surface area contributed by atoms with Crippen molar-refractivity contribution in [3.05, 3.63) is 12.2 Å². The maximum Gasteiger partial charge on any atom is 0.410 e. The van der Waals surface area contributed by atoms with Gasteiger partial charge < -0.3 is 9.64 Å². The number of rotatable bonds is 4. The zero-order chi connectivity index (χ0) is 13.9. The molecular weight excluding hydrogens is 230 g/mol. The minimum atomic E-state index is -0.480. The highest BCUT2D eigenvalue weighted by molar-refractivity contribution is 5.84. The summed E-state index contributed by atoms with van der Waals surface area (Å²) in [4.78, 5) is 25.0. The van der Waals surface area contributed by atoms with Crippen molar-refractivity contribution in [1.82, 2.24) is 4.90 Å². The number of amides is 1. The summed E-state index contributed by atoms with van der Waals surface area (Å²) >= 11 is 0. The number of Topliss-reactive ketones (excluding diaryl/α,β-unsaturated/α-hetero) is 1. The largest absolute Gasteiger partial charge is 0.444 e. The molecule has 0 unspecified atom stereocenters. The minimum absolute atomic E-state index is 0.0168. The Bertz CT molecular complexity index is 349. The van der Waals surface area contributed by atoms with Crippen LogP contribution in [0.1, 0.15) is 40.5 Å². The van der Waals surface area contributed by atoms with Crippen LogP contribution in [0.15, 0.2) is 12.2 Å². The van der Waals surface area contributed by atoms with Crippen molar-refractivity contribution >= 4 is 11.9 Å². The number of ether oxygens (including phenoxy) is 1. The number of hydrogen-bond acceptors (Lipinski definition) is 3. The Morgan fingerprint density at radius 3 is 2.28 bits per heavy atom. The third-order valence-electron chi connectivity index (χ3n) is 2.79. The van der Waals surface area contributed by atoms with Crippen LogP contribution in [0.2, 0.25) is 0 Å². The van der Waals surface area contributed by atoms with Gasteiger partial charge in [-0.1, -0.05) is 5.57 Å². The molecule has 0 aliphatic carbocycles. The van der Waals surface area contributed by atoms with Gasteiger partial charge in [0.05, 0.1) is 5.92 Å². The third-order valence-corrected chi connectivity index (χ3v) is 2.79. The minimum Gasteiger partial charge on any atom is -0.444 e. The molecule has 1 rings (SSSR count). The summed E-state index contributed by atoms with van der Waals surface area (Å²) in [6.45, 7) is 12.2. The van der Waals surface area contributed by atoms with Crippen molar-refractivity contribution in [2.45, 2.75) is 46.1 Å². The molecule has 0 radical (unpaired) electrons. The maximum absolute atomic E-state index is 11.8. The van der Waals surface area contributed by atoms with Crippen molar-refractivity contribution in [1.29, 1.82) is 0 Å². The van der Waals surface area contributed by atoms with Gasteiger partial charge in [0.15, 0.2) is 0 Å². The monoisotopic (exact) mass is 253 g/mol. The second-order valence-corrected chi connectivity index (χ2v) is 6.01. The van der Waals surface area contributed by atoms with Crippen LogP contribution in [0.5, 0.6) is 0 Å². The molecule has 1 aliphatic rings. The van der Waals surface area contributed by atoms with E-state index in [-0.39, 0.29) is 17.8 Å². The first-order valence-corrected chi connectivity index (χ1v) is 6.34. The molecule has 0 N–H and O–H groups in total. The lowest BCUT2D eigenvalue weighted by atomic mass is 9.92. The van der Waals surface area contributed by atoms with Gasteiger partial charge in [-0.15, -0.1) is 6.58 Å². The summed E-state index contributed by atoms with van der Waals surface area (Å²) in [5, 5.41) is 0. The molecule has 1 heterocycles. The van der Waals surface area contributed by atoms with Gasteiger partial charge in [0, 0.05) is 19.5 Å². The van der Waals surface area contributed by atoms with Crippen LogP contribution in [-0.4, -0.2) is 35.5 Å². The van der Waals surface area contributed by atoms with Crippen molar-refractivity contribution in [2.75, 3.05) is 13.1 Å². The van der Waals surface area contributed by atoms with Crippen molar-refractivity contribution in [2.24, 2.45) is 5.92 Å². The van der Waals surface area contributed by atoms with Crippen molar-refractivity contribution < 1.29 is 14.3 Å². The zero-order valence-corrected chi connectivity index (χ0v) is 11.8. The molecule has 1 amide bonds. The average molecular weight is 253 g/mol. The van der Waals surface area contributed by atoms with E-state index in [0.29, 0.717) is 19.5 Å². The Morgan fingerprint density at radius 1 is 1.28 bits per heavy atom. The molecule has 0 atom stereocenters. The van der Waals surface area contributed by atoms with Gasteiger partial charge in [0.25, 0.3) is 0 Å². The molecule has 0 spiro atoms. The fraction of sp³-hybridized carbons (Fsp3) is 0.714. The van der Waals surface area contributed by atoms with E-state index in [2.05, 4.69) is 6.58 Å². The first kappa shape index (κ1) is 14.7. The van der Waals surface area contributed by atoms with E-state index in [1.54, 1.807) is 4.90 Å². The Morgan fingerprint density at radius 2 is 1.83 bits per heavy atom. The molecule has 1 aliphatic heterocycles. The first-order chi connectivity index (χ1) is 8.19. The van der Waals surface area contributed by atoms with Gasteiger partial charge in [0.2, 0.25) is 0 Å². The highest BCUT2D eigenvalue weighted by atomic mass is 16.6. The highest BCUT2D eigenvalue weighted by Crippen LogP contribution is 2.22. The molecule has 1 fully saturated rings. The summed E-state index contributed by atoms with van der Waals surface area (Å²) in [6.07, 6.45) is 0.940. The van der Waals surface area contributed by atoms with E-state index in [0.717, 1.165) is 12.0 Å². The molecule has 4 heteroatoms. The van der Waals surface area contributed by atoms with E-state index >= 15 is 0 Å². The molecule has 0 aromatic carbocycles.